The van der Waals surface area contributed by atoms with Crippen molar-refractivity contribution in [2.45, 2.75) is 90.4 Å². The molecule has 0 aromatic carbocycles. The molecule has 0 aromatic rings. The molecule has 1 rings (SSSR count). The standard InChI is InChI=1S/C16H30O/c1-2-3-4-5-6-11-14-16(17)15-12-9-7-8-10-13-15/h15H,2-14H2,1H3. The van der Waals surface area contributed by atoms with Crippen molar-refractivity contribution in [3.05, 3.63) is 0 Å². The third-order valence-electron chi connectivity index (χ3n) is 4.09. The average Bonchev–Trinajstić information content (AvgIpc) is 2.62. The van der Waals surface area contributed by atoms with Crippen LogP contribution in [0.4, 0.5) is 0 Å². The summed E-state index contributed by atoms with van der Waals surface area (Å²) in [6.45, 7) is 2.25. The van der Waals surface area contributed by atoms with Crippen LogP contribution in [0.2, 0.25) is 0 Å². The molecule has 0 bridgehead atoms. The maximum absolute atomic E-state index is 12.0. The van der Waals surface area contributed by atoms with Gasteiger partial charge in [-0.25, -0.2) is 0 Å². The number of carbonyl (C=O) groups is 1. The maximum Gasteiger partial charge on any atom is 0.135 e. The van der Waals surface area contributed by atoms with Crippen LogP contribution >= 0.6 is 0 Å². The summed E-state index contributed by atoms with van der Waals surface area (Å²) in [4.78, 5) is 12.0. The Morgan fingerprint density at radius 1 is 0.882 bits per heavy atom. The predicted octanol–water partition coefficient (Wildman–Crippen LogP) is 5.28. The highest BCUT2D eigenvalue weighted by Gasteiger charge is 2.18. The van der Waals surface area contributed by atoms with Crippen molar-refractivity contribution >= 4 is 5.78 Å². The van der Waals surface area contributed by atoms with Crippen LogP contribution in [0.15, 0.2) is 0 Å². The molecule has 0 aromatic heterocycles. The van der Waals surface area contributed by atoms with Crippen LogP contribution in [-0.4, -0.2) is 5.78 Å². The minimum atomic E-state index is 0.424. The fourth-order valence-electron chi connectivity index (χ4n) is 2.89. The lowest BCUT2D eigenvalue weighted by atomic mass is 9.92. The molecule has 0 N–H and O–H groups in total. The summed E-state index contributed by atoms with van der Waals surface area (Å²) >= 11 is 0. The van der Waals surface area contributed by atoms with E-state index >= 15 is 0 Å². The van der Waals surface area contributed by atoms with Gasteiger partial charge >= 0.3 is 0 Å². The molecular weight excluding hydrogens is 208 g/mol. The summed E-state index contributed by atoms with van der Waals surface area (Å²) in [5, 5.41) is 0. The third-order valence-corrected chi connectivity index (χ3v) is 4.09. The second-order valence-corrected chi connectivity index (χ2v) is 5.67. The van der Waals surface area contributed by atoms with Gasteiger partial charge in [0.2, 0.25) is 0 Å². The Balaban J connectivity index is 2.03. The van der Waals surface area contributed by atoms with Crippen LogP contribution < -0.4 is 0 Å². The van der Waals surface area contributed by atoms with E-state index in [2.05, 4.69) is 6.92 Å². The van der Waals surface area contributed by atoms with E-state index in [-0.39, 0.29) is 0 Å². The fraction of sp³-hybridized carbons (Fsp3) is 0.938. The SMILES string of the molecule is CCCCCCCCC(=O)C1CCCCCC1. The van der Waals surface area contributed by atoms with Crippen LogP contribution in [0.25, 0.3) is 0 Å². The summed E-state index contributed by atoms with van der Waals surface area (Å²) < 4.78 is 0. The monoisotopic (exact) mass is 238 g/mol. The normalized spacial score (nSPS) is 17.9. The Hall–Kier alpha value is -0.330. The van der Waals surface area contributed by atoms with E-state index in [4.69, 9.17) is 0 Å². The lowest BCUT2D eigenvalue weighted by molar-refractivity contribution is -0.123. The molecular formula is C16H30O. The van der Waals surface area contributed by atoms with Gasteiger partial charge in [0.15, 0.2) is 0 Å². The molecule has 0 heterocycles. The Morgan fingerprint density at radius 3 is 2.12 bits per heavy atom. The minimum Gasteiger partial charge on any atom is -0.299 e. The molecule has 1 saturated carbocycles. The van der Waals surface area contributed by atoms with E-state index in [9.17, 15) is 4.79 Å². The summed E-state index contributed by atoms with van der Waals surface area (Å²) in [7, 11) is 0. The first-order valence-electron chi connectivity index (χ1n) is 7.87. The first-order chi connectivity index (χ1) is 8.34. The molecule has 1 nitrogen and oxygen atoms in total. The minimum absolute atomic E-state index is 0.424. The van der Waals surface area contributed by atoms with E-state index in [0.29, 0.717) is 11.7 Å². The molecule has 0 unspecified atom stereocenters. The molecule has 1 aliphatic carbocycles. The number of rotatable bonds is 8. The van der Waals surface area contributed by atoms with Crippen LogP contribution in [0.5, 0.6) is 0 Å². The Labute approximate surface area is 107 Å². The molecule has 0 radical (unpaired) electrons. The molecule has 0 amide bonds. The summed E-state index contributed by atoms with van der Waals surface area (Å²) in [5.41, 5.74) is 0. The van der Waals surface area contributed by atoms with Crippen LogP contribution in [0.3, 0.4) is 0 Å². The molecule has 0 atom stereocenters. The first-order valence-corrected chi connectivity index (χ1v) is 7.87. The molecule has 1 aliphatic rings. The van der Waals surface area contributed by atoms with Gasteiger partial charge in [0.25, 0.3) is 0 Å². The van der Waals surface area contributed by atoms with Gasteiger partial charge in [-0.05, 0) is 19.3 Å². The first kappa shape index (κ1) is 14.7. The number of ketones is 1. The zero-order valence-corrected chi connectivity index (χ0v) is 11.7. The molecule has 0 saturated heterocycles. The van der Waals surface area contributed by atoms with Gasteiger partial charge in [0.1, 0.15) is 5.78 Å². The van der Waals surface area contributed by atoms with E-state index in [1.165, 1.54) is 70.6 Å². The number of hydrogen-bond donors (Lipinski definition) is 0. The average molecular weight is 238 g/mol. The van der Waals surface area contributed by atoms with Gasteiger partial charge in [-0.3, -0.25) is 4.79 Å². The van der Waals surface area contributed by atoms with Gasteiger partial charge < -0.3 is 0 Å². The molecule has 0 spiro atoms. The quantitative estimate of drug-likeness (QED) is 0.415. The van der Waals surface area contributed by atoms with Crippen LogP contribution in [0, 0.1) is 5.92 Å². The van der Waals surface area contributed by atoms with Gasteiger partial charge in [-0.2, -0.15) is 0 Å². The predicted molar refractivity (Wildman–Crippen MR) is 74.2 cm³/mol. The number of unbranched alkanes of at least 4 members (excludes halogenated alkanes) is 5. The lowest BCUT2D eigenvalue weighted by Crippen LogP contribution is -2.13. The van der Waals surface area contributed by atoms with E-state index in [1.54, 1.807) is 0 Å². The van der Waals surface area contributed by atoms with Crippen molar-refractivity contribution in [2.75, 3.05) is 0 Å². The lowest BCUT2D eigenvalue weighted by Gasteiger charge is -2.12. The second-order valence-electron chi connectivity index (χ2n) is 5.67. The van der Waals surface area contributed by atoms with Gasteiger partial charge in [-0.15, -0.1) is 0 Å². The summed E-state index contributed by atoms with van der Waals surface area (Å²) in [6, 6.07) is 0. The molecule has 0 aliphatic heterocycles. The van der Waals surface area contributed by atoms with Crippen molar-refractivity contribution in [1.29, 1.82) is 0 Å². The summed E-state index contributed by atoms with van der Waals surface area (Å²) in [5.74, 6) is 0.996. The Morgan fingerprint density at radius 2 is 1.47 bits per heavy atom. The maximum atomic E-state index is 12.0. The number of carbonyl (C=O) groups excluding carboxylic acids is 1. The zero-order chi connectivity index (χ0) is 12.3. The smallest absolute Gasteiger partial charge is 0.135 e. The Kier molecular flexibility index (Phi) is 8.38. The van der Waals surface area contributed by atoms with Gasteiger partial charge in [0.05, 0.1) is 0 Å². The Bertz CT molecular complexity index is 190. The molecule has 100 valence electrons. The van der Waals surface area contributed by atoms with Crippen molar-refractivity contribution in [3.63, 3.8) is 0 Å². The van der Waals surface area contributed by atoms with Gasteiger partial charge in [-0.1, -0.05) is 64.7 Å². The number of hydrogen-bond acceptors (Lipinski definition) is 1. The largest absolute Gasteiger partial charge is 0.299 e. The highest BCUT2D eigenvalue weighted by molar-refractivity contribution is 5.80. The van der Waals surface area contributed by atoms with Crippen LogP contribution in [0.1, 0.15) is 90.4 Å². The molecule has 1 heteroatoms. The third kappa shape index (κ3) is 6.85. The van der Waals surface area contributed by atoms with Crippen molar-refractivity contribution in [2.24, 2.45) is 5.92 Å². The van der Waals surface area contributed by atoms with E-state index in [0.717, 1.165) is 12.8 Å². The van der Waals surface area contributed by atoms with Crippen molar-refractivity contribution < 1.29 is 4.79 Å². The number of Topliss-reactive ketones (excluding diaryl/α,β-unsaturated/α-hetero) is 1. The summed E-state index contributed by atoms with van der Waals surface area (Å²) in [6.07, 6.45) is 16.2. The van der Waals surface area contributed by atoms with Gasteiger partial charge in [0, 0.05) is 12.3 Å². The second kappa shape index (κ2) is 9.67. The highest BCUT2D eigenvalue weighted by Crippen LogP contribution is 2.25. The zero-order valence-electron chi connectivity index (χ0n) is 11.7. The van der Waals surface area contributed by atoms with Crippen molar-refractivity contribution in [3.8, 4) is 0 Å². The molecule has 1 fully saturated rings. The molecule has 17 heavy (non-hydrogen) atoms. The van der Waals surface area contributed by atoms with Crippen molar-refractivity contribution in [1.82, 2.24) is 0 Å². The van der Waals surface area contributed by atoms with E-state index in [1.807, 2.05) is 0 Å². The fourth-order valence-corrected chi connectivity index (χ4v) is 2.89. The van der Waals surface area contributed by atoms with E-state index < -0.39 is 0 Å². The highest BCUT2D eigenvalue weighted by atomic mass is 16.1. The van der Waals surface area contributed by atoms with Crippen LogP contribution in [-0.2, 0) is 4.79 Å². The topological polar surface area (TPSA) is 17.1 Å².